The fourth-order valence-corrected chi connectivity index (χ4v) is 4.15. The Balaban J connectivity index is 2.10. The van der Waals surface area contributed by atoms with E-state index in [1.807, 2.05) is 29.2 Å². The van der Waals surface area contributed by atoms with Crippen LogP contribution in [0.25, 0.3) is 0 Å². The molecule has 1 amide bonds. The number of anilines is 2. The van der Waals surface area contributed by atoms with E-state index in [0.717, 1.165) is 44.7 Å². The smallest absolute Gasteiger partial charge is 0.232 e. The van der Waals surface area contributed by atoms with E-state index in [0.29, 0.717) is 5.69 Å². The third-order valence-electron chi connectivity index (χ3n) is 4.65. The normalized spacial score (nSPS) is 14.6. The van der Waals surface area contributed by atoms with Crippen molar-refractivity contribution in [1.29, 1.82) is 0 Å². The number of amides is 1. The molecule has 0 radical (unpaired) electrons. The highest BCUT2D eigenvalue weighted by Crippen LogP contribution is 2.23. The van der Waals surface area contributed by atoms with E-state index in [9.17, 15) is 13.2 Å². The van der Waals surface area contributed by atoms with Gasteiger partial charge in [0.1, 0.15) is 0 Å². The zero-order valence-electron chi connectivity index (χ0n) is 15.4. The minimum atomic E-state index is -3.43. The molecule has 1 aliphatic rings. The average Bonchev–Trinajstić information content (AvgIpc) is 3.10. The molecule has 0 atom stereocenters. The van der Waals surface area contributed by atoms with Crippen LogP contribution >= 0.6 is 0 Å². The summed E-state index contributed by atoms with van der Waals surface area (Å²) in [6.07, 6.45) is 3.47. The molecule has 6 nitrogen and oxygen atoms in total. The molecule has 1 heterocycles. The Morgan fingerprint density at radius 1 is 1.04 bits per heavy atom. The van der Waals surface area contributed by atoms with Gasteiger partial charge in [-0.2, -0.15) is 0 Å². The molecule has 1 aromatic rings. The summed E-state index contributed by atoms with van der Waals surface area (Å²) in [5.74, 6) is 0.0333. The molecule has 25 heavy (non-hydrogen) atoms. The van der Waals surface area contributed by atoms with Crippen molar-refractivity contribution in [3.8, 4) is 0 Å². The summed E-state index contributed by atoms with van der Waals surface area (Å²) in [7, 11) is -3.43. The van der Waals surface area contributed by atoms with E-state index in [4.69, 9.17) is 0 Å². The zero-order valence-corrected chi connectivity index (χ0v) is 16.3. The molecule has 0 aliphatic carbocycles. The first-order valence-corrected chi connectivity index (χ1v) is 10.8. The molecule has 0 spiro atoms. The van der Waals surface area contributed by atoms with Gasteiger partial charge in [0.25, 0.3) is 0 Å². The molecule has 0 unspecified atom stereocenters. The molecule has 0 aromatic heterocycles. The van der Waals surface area contributed by atoms with Crippen LogP contribution in [0, 0.1) is 0 Å². The van der Waals surface area contributed by atoms with Crippen LogP contribution in [-0.2, 0) is 14.8 Å². The topological polar surface area (TPSA) is 60.9 Å². The number of nitrogens with zero attached hydrogens (tertiary/aromatic N) is 3. The Labute approximate surface area is 151 Å². The minimum absolute atomic E-state index is 0.0333. The van der Waals surface area contributed by atoms with Crippen molar-refractivity contribution in [2.75, 3.05) is 48.2 Å². The number of sulfonamides is 1. The van der Waals surface area contributed by atoms with Crippen molar-refractivity contribution in [3.05, 3.63) is 24.3 Å². The second-order valence-electron chi connectivity index (χ2n) is 6.36. The summed E-state index contributed by atoms with van der Waals surface area (Å²) in [5.41, 5.74) is 1.67. The van der Waals surface area contributed by atoms with E-state index in [2.05, 4.69) is 18.7 Å². The Morgan fingerprint density at radius 3 is 2.04 bits per heavy atom. The van der Waals surface area contributed by atoms with E-state index in [1.165, 1.54) is 10.6 Å². The van der Waals surface area contributed by atoms with Gasteiger partial charge in [0, 0.05) is 44.8 Å². The lowest BCUT2D eigenvalue weighted by atomic mass is 10.2. The van der Waals surface area contributed by atoms with Crippen LogP contribution in [0.3, 0.4) is 0 Å². The molecule has 0 saturated carbocycles. The van der Waals surface area contributed by atoms with Crippen LogP contribution in [0.5, 0.6) is 0 Å². The molecular weight excluding hydrogens is 338 g/mol. The average molecular weight is 368 g/mol. The number of hydrogen-bond acceptors (Lipinski definition) is 4. The van der Waals surface area contributed by atoms with Crippen LogP contribution in [0.1, 0.15) is 33.1 Å². The Bertz CT molecular complexity index is 663. The highest BCUT2D eigenvalue weighted by molar-refractivity contribution is 7.92. The summed E-state index contributed by atoms with van der Waals surface area (Å²) < 4.78 is 25.7. The lowest BCUT2D eigenvalue weighted by Gasteiger charge is -2.25. The summed E-state index contributed by atoms with van der Waals surface area (Å²) in [5, 5.41) is 0. The van der Waals surface area contributed by atoms with Crippen molar-refractivity contribution < 1.29 is 13.2 Å². The van der Waals surface area contributed by atoms with Gasteiger partial charge < -0.3 is 9.80 Å². The number of benzene rings is 1. The third kappa shape index (κ3) is 5.11. The fraction of sp³-hybridized carbons (Fsp3) is 0.611. The number of hydrogen-bond donors (Lipinski definition) is 0. The van der Waals surface area contributed by atoms with Gasteiger partial charge in [-0.3, -0.25) is 9.10 Å². The van der Waals surface area contributed by atoms with Gasteiger partial charge in [0.05, 0.1) is 11.9 Å². The molecule has 140 valence electrons. The van der Waals surface area contributed by atoms with Crippen LogP contribution in [0.4, 0.5) is 11.4 Å². The van der Waals surface area contributed by atoms with Crippen LogP contribution in [0.2, 0.25) is 0 Å². The highest BCUT2D eigenvalue weighted by Gasteiger charge is 2.22. The van der Waals surface area contributed by atoms with E-state index in [-0.39, 0.29) is 18.9 Å². The van der Waals surface area contributed by atoms with Crippen LogP contribution in [-0.4, -0.2) is 58.2 Å². The minimum Gasteiger partial charge on any atom is -0.372 e. The number of carbonyl (C=O) groups is 1. The maximum Gasteiger partial charge on any atom is 0.232 e. The maximum absolute atomic E-state index is 12.2. The first-order valence-electron chi connectivity index (χ1n) is 8.97. The van der Waals surface area contributed by atoms with Crippen molar-refractivity contribution in [3.63, 3.8) is 0 Å². The first kappa shape index (κ1) is 19.6. The molecule has 1 aliphatic heterocycles. The number of carbonyl (C=O) groups excluding carboxylic acids is 1. The van der Waals surface area contributed by atoms with Gasteiger partial charge in [0.15, 0.2) is 0 Å². The summed E-state index contributed by atoms with van der Waals surface area (Å²) in [6.45, 7) is 7.73. The van der Waals surface area contributed by atoms with E-state index in [1.54, 1.807) is 0 Å². The monoisotopic (exact) mass is 367 g/mol. The van der Waals surface area contributed by atoms with Gasteiger partial charge in [-0.25, -0.2) is 8.42 Å². The SMILES string of the molecule is CCN(CC)c1ccc(N(CCC(=O)N2CCCC2)S(C)(=O)=O)cc1. The van der Waals surface area contributed by atoms with Crippen molar-refractivity contribution >= 4 is 27.3 Å². The second kappa shape index (κ2) is 8.56. The summed E-state index contributed by atoms with van der Waals surface area (Å²) in [6, 6.07) is 7.50. The third-order valence-corrected chi connectivity index (χ3v) is 5.85. The second-order valence-corrected chi connectivity index (χ2v) is 8.27. The molecular formula is C18H29N3O3S. The van der Waals surface area contributed by atoms with Crippen molar-refractivity contribution in [2.24, 2.45) is 0 Å². The van der Waals surface area contributed by atoms with E-state index < -0.39 is 10.0 Å². The standard InChI is InChI=1S/C18H29N3O3S/c1-4-19(5-2)16-8-10-17(11-9-16)21(25(3,23)24)15-12-18(22)20-13-6-7-14-20/h8-11H,4-7,12-15H2,1-3H3. The van der Waals surface area contributed by atoms with Crippen LogP contribution < -0.4 is 9.21 Å². The van der Waals surface area contributed by atoms with Crippen LogP contribution in [0.15, 0.2) is 24.3 Å². The number of likely N-dealkylation sites (tertiary alicyclic amines) is 1. The fourth-order valence-electron chi connectivity index (χ4n) is 3.23. The lowest BCUT2D eigenvalue weighted by molar-refractivity contribution is -0.129. The molecule has 2 rings (SSSR count). The molecule has 1 saturated heterocycles. The molecule has 7 heteroatoms. The van der Waals surface area contributed by atoms with Crippen molar-refractivity contribution in [1.82, 2.24) is 4.90 Å². The molecule has 0 bridgehead atoms. The largest absolute Gasteiger partial charge is 0.372 e. The molecule has 1 aromatic carbocycles. The predicted molar refractivity (Wildman–Crippen MR) is 103 cm³/mol. The summed E-state index contributed by atoms with van der Waals surface area (Å²) >= 11 is 0. The first-order chi connectivity index (χ1) is 11.9. The molecule has 0 N–H and O–H groups in total. The highest BCUT2D eigenvalue weighted by atomic mass is 32.2. The Kier molecular flexibility index (Phi) is 6.70. The van der Waals surface area contributed by atoms with Gasteiger partial charge in [0.2, 0.25) is 15.9 Å². The maximum atomic E-state index is 12.2. The van der Waals surface area contributed by atoms with Gasteiger partial charge in [-0.05, 0) is 51.0 Å². The number of rotatable bonds is 8. The zero-order chi connectivity index (χ0) is 18.4. The van der Waals surface area contributed by atoms with E-state index >= 15 is 0 Å². The Morgan fingerprint density at radius 2 is 1.56 bits per heavy atom. The Hall–Kier alpha value is -1.76. The summed E-state index contributed by atoms with van der Waals surface area (Å²) in [4.78, 5) is 16.3. The van der Waals surface area contributed by atoms with Gasteiger partial charge in [-0.15, -0.1) is 0 Å². The molecule has 1 fully saturated rings. The van der Waals surface area contributed by atoms with Crippen molar-refractivity contribution in [2.45, 2.75) is 33.1 Å². The predicted octanol–water partition coefficient (Wildman–Crippen LogP) is 2.31. The quantitative estimate of drug-likeness (QED) is 0.707. The van der Waals surface area contributed by atoms with Gasteiger partial charge in [-0.1, -0.05) is 0 Å². The van der Waals surface area contributed by atoms with Gasteiger partial charge >= 0.3 is 0 Å². The lowest BCUT2D eigenvalue weighted by Crippen LogP contribution is -2.35.